The largest absolute Gasteiger partial charge is 0.493 e. The van der Waals surface area contributed by atoms with E-state index in [9.17, 15) is 18.8 Å². The van der Waals surface area contributed by atoms with E-state index in [-0.39, 0.29) is 60.7 Å². The van der Waals surface area contributed by atoms with Crippen LogP contribution in [0.2, 0.25) is 0 Å². The molecule has 2 aliphatic heterocycles. The van der Waals surface area contributed by atoms with Crippen molar-refractivity contribution in [2.24, 2.45) is 0 Å². The molecule has 5 rings (SSSR count). The van der Waals surface area contributed by atoms with E-state index in [0.717, 1.165) is 0 Å². The molecule has 2 atom stereocenters. The molecule has 226 valence electrons. The number of aromatic nitrogens is 1. The number of anilines is 1. The van der Waals surface area contributed by atoms with Crippen molar-refractivity contribution in [3.63, 3.8) is 0 Å². The van der Waals surface area contributed by atoms with Gasteiger partial charge in [0, 0.05) is 37.7 Å². The first-order chi connectivity index (χ1) is 20.7. The minimum atomic E-state index is -0.656. The standard InChI is InChI=1S/C28H28FN5O6.CH2O2/c1-38-23-6-5-17-11-24(23)39-15-26(35)31-13-16-9-18(29)12-19(10-16)40-22-7-8-34(14-21(22)33-27(17)36)28(37)20-3-2-4-25(30)32-20;2-1-3/h2-6,9-12,21-22H,7-8,13-15H2,1H3,(H2,30,32)(H,31,35)(H,33,36);1H,(H,2,3)/t21-,22+;/m0./s1. The molecule has 0 unspecified atom stereocenters. The number of nitrogens with zero attached hydrogens (tertiary/aromatic N) is 2. The quantitative estimate of drug-likeness (QED) is 0.318. The van der Waals surface area contributed by atoms with Crippen LogP contribution < -0.4 is 30.6 Å². The molecule has 43 heavy (non-hydrogen) atoms. The molecule has 3 heterocycles. The summed E-state index contributed by atoms with van der Waals surface area (Å²) in [4.78, 5) is 53.0. The number of benzene rings is 2. The number of amides is 3. The van der Waals surface area contributed by atoms with E-state index < -0.39 is 29.8 Å². The van der Waals surface area contributed by atoms with Crippen LogP contribution in [0.3, 0.4) is 0 Å². The van der Waals surface area contributed by atoms with Gasteiger partial charge in [-0.15, -0.1) is 0 Å². The van der Waals surface area contributed by atoms with Gasteiger partial charge in [-0.25, -0.2) is 9.37 Å². The van der Waals surface area contributed by atoms with Crippen LogP contribution in [0.25, 0.3) is 0 Å². The van der Waals surface area contributed by atoms with Crippen LogP contribution in [0.5, 0.6) is 17.2 Å². The lowest BCUT2D eigenvalue weighted by Gasteiger charge is -2.38. The van der Waals surface area contributed by atoms with E-state index in [1.807, 2.05) is 0 Å². The van der Waals surface area contributed by atoms with Crippen molar-refractivity contribution in [1.82, 2.24) is 20.5 Å². The van der Waals surface area contributed by atoms with Gasteiger partial charge in [0.05, 0.1) is 13.2 Å². The van der Waals surface area contributed by atoms with Crippen LogP contribution in [-0.4, -0.2) is 78.1 Å². The smallest absolute Gasteiger partial charge is 0.290 e. The van der Waals surface area contributed by atoms with Crippen molar-refractivity contribution in [3.8, 4) is 17.2 Å². The second-order valence-corrected chi connectivity index (χ2v) is 9.56. The number of pyridine rings is 1. The summed E-state index contributed by atoms with van der Waals surface area (Å²) >= 11 is 0. The molecule has 2 aromatic carbocycles. The van der Waals surface area contributed by atoms with Crippen molar-refractivity contribution < 1.29 is 42.9 Å². The zero-order valence-corrected chi connectivity index (χ0v) is 23.1. The van der Waals surface area contributed by atoms with Gasteiger partial charge < -0.3 is 40.6 Å². The maximum Gasteiger partial charge on any atom is 0.290 e. The van der Waals surface area contributed by atoms with Crippen molar-refractivity contribution in [2.75, 3.05) is 32.5 Å². The van der Waals surface area contributed by atoms with E-state index in [4.69, 9.17) is 29.8 Å². The summed E-state index contributed by atoms with van der Waals surface area (Å²) < 4.78 is 31.6. The number of fused-ring (bicyclic) bond motifs is 5. The molecule has 4 bridgehead atoms. The van der Waals surface area contributed by atoms with E-state index in [1.165, 1.54) is 25.3 Å². The second-order valence-electron chi connectivity index (χ2n) is 9.56. The Bertz CT molecular complexity index is 1500. The van der Waals surface area contributed by atoms with Crippen molar-refractivity contribution in [1.29, 1.82) is 0 Å². The minimum absolute atomic E-state index is 0.0494. The number of nitrogens with one attached hydrogen (secondary N) is 2. The van der Waals surface area contributed by atoms with Gasteiger partial charge in [0.1, 0.15) is 29.2 Å². The predicted molar refractivity (Wildman–Crippen MR) is 150 cm³/mol. The first-order valence-corrected chi connectivity index (χ1v) is 13.1. The minimum Gasteiger partial charge on any atom is -0.493 e. The number of carbonyl (C=O) groups is 4. The summed E-state index contributed by atoms with van der Waals surface area (Å²) in [7, 11) is 1.44. The molecule has 0 spiro atoms. The third kappa shape index (κ3) is 7.87. The number of carbonyl (C=O) groups excluding carboxylic acids is 3. The number of rotatable bonds is 2. The van der Waals surface area contributed by atoms with E-state index in [0.29, 0.717) is 24.3 Å². The molecule has 1 saturated heterocycles. The van der Waals surface area contributed by atoms with Gasteiger partial charge in [0.25, 0.3) is 24.2 Å². The van der Waals surface area contributed by atoms with Gasteiger partial charge in [-0.1, -0.05) is 6.07 Å². The van der Waals surface area contributed by atoms with Crippen LogP contribution >= 0.6 is 0 Å². The Hall–Kier alpha value is -5.40. The highest BCUT2D eigenvalue weighted by molar-refractivity contribution is 5.95. The zero-order chi connectivity index (χ0) is 30.9. The summed E-state index contributed by atoms with van der Waals surface area (Å²) in [5, 5.41) is 12.5. The Labute approximate surface area is 245 Å². The normalized spacial score (nSPS) is 18.2. The Balaban J connectivity index is 0.00000135. The topological polar surface area (TPSA) is 182 Å². The zero-order valence-electron chi connectivity index (χ0n) is 23.1. The van der Waals surface area contributed by atoms with Gasteiger partial charge in [0.2, 0.25) is 0 Å². The first kappa shape index (κ1) is 30.6. The number of piperidine rings is 1. The highest BCUT2D eigenvalue weighted by Crippen LogP contribution is 2.29. The van der Waals surface area contributed by atoms with Crippen LogP contribution in [0, 0.1) is 5.82 Å². The number of likely N-dealkylation sites (tertiary alicyclic amines) is 1. The Morgan fingerprint density at radius 3 is 2.74 bits per heavy atom. The molecular formula is C29H30FN5O8. The third-order valence-corrected chi connectivity index (χ3v) is 6.64. The van der Waals surface area contributed by atoms with Crippen molar-refractivity contribution in [2.45, 2.75) is 25.1 Å². The predicted octanol–water partition coefficient (Wildman–Crippen LogP) is 1.61. The fraction of sp³-hybridized carbons (Fsp3) is 0.276. The molecule has 0 aliphatic carbocycles. The molecule has 1 fully saturated rings. The van der Waals surface area contributed by atoms with Crippen molar-refractivity contribution >= 4 is 30.0 Å². The second kappa shape index (κ2) is 14.0. The lowest BCUT2D eigenvalue weighted by Crippen LogP contribution is -2.58. The lowest BCUT2D eigenvalue weighted by atomic mass is 10.00. The van der Waals surface area contributed by atoms with Gasteiger partial charge in [-0.05, 0) is 48.0 Å². The van der Waals surface area contributed by atoms with Gasteiger partial charge in [0.15, 0.2) is 18.1 Å². The summed E-state index contributed by atoms with van der Waals surface area (Å²) in [6.07, 6.45) is -0.244. The molecule has 13 nitrogen and oxygen atoms in total. The number of ether oxygens (including phenoxy) is 3. The number of methoxy groups -OCH3 is 1. The molecule has 3 aromatic rings. The molecule has 14 heteroatoms. The molecule has 0 radical (unpaired) electrons. The summed E-state index contributed by atoms with van der Waals surface area (Å²) in [5.41, 5.74) is 6.68. The average molecular weight is 596 g/mol. The maximum atomic E-state index is 14.5. The van der Waals surface area contributed by atoms with E-state index in [2.05, 4.69) is 15.6 Å². The highest BCUT2D eigenvalue weighted by Gasteiger charge is 2.35. The number of hydrogen-bond acceptors (Lipinski definition) is 9. The fourth-order valence-electron chi connectivity index (χ4n) is 4.67. The van der Waals surface area contributed by atoms with E-state index >= 15 is 0 Å². The van der Waals surface area contributed by atoms with Crippen LogP contribution in [0.1, 0.15) is 32.8 Å². The molecular weight excluding hydrogens is 565 g/mol. The van der Waals surface area contributed by atoms with Crippen LogP contribution in [0.4, 0.5) is 10.2 Å². The van der Waals surface area contributed by atoms with Gasteiger partial charge in [-0.2, -0.15) is 0 Å². The average Bonchev–Trinajstić information content (AvgIpc) is 2.99. The Morgan fingerprint density at radius 2 is 2.00 bits per heavy atom. The summed E-state index contributed by atoms with van der Waals surface area (Å²) in [5.74, 6) is -0.784. The molecule has 3 amide bonds. The third-order valence-electron chi connectivity index (χ3n) is 6.64. The van der Waals surface area contributed by atoms with Crippen LogP contribution in [-0.2, 0) is 16.1 Å². The van der Waals surface area contributed by atoms with Crippen LogP contribution in [0.15, 0.2) is 54.6 Å². The number of nitrogen functional groups attached to an aromatic ring is 1. The first-order valence-electron chi connectivity index (χ1n) is 13.1. The fourth-order valence-corrected chi connectivity index (χ4v) is 4.67. The summed E-state index contributed by atoms with van der Waals surface area (Å²) in [6, 6.07) is 12.9. The molecule has 2 aliphatic rings. The molecule has 0 saturated carbocycles. The van der Waals surface area contributed by atoms with E-state index in [1.54, 1.807) is 41.3 Å². The lowest BCUT2D eigenvalue weighted by molar-refractivity contribution is -0.123. The number of nitrogens with two attached hydrogens (primary N) is 1. The SMILES string of the molecule is COc1ccc2cc1OCC(=O)NCc1cc(F)cc(c1)O[C@@H]1CCN(C(=O)c3cccc(N)n3)C[C@@H]1NC2=O.O=CO. The Kier molecular flexibility index (Phi) is 9.93. The number of carboxylic acid groups (broad SMARTS) is 1. The number of halogens is 1. The monoisotopic (exact) mass is 595 g/mol. The van der Waals surface area contributed by atoms with Crippen molar-refractivity contribution in [3.05, 3.63) is 77.2 Å². The summed E-state index contributed by atoms with van der Waals surface area (Å²) in [6.45, 7) is -0.123. The molecule has 5 N–H and O–H groups in total. The highest BCUT2D eigenvalue weighted by atomic mass is 19.1. The van der Waals surface area contributed by atoms with Gasteiger partial charge in [-0.3, -0.25) is 19.2 Å². The van der Waals surface area contributed by atoms with Gasteiger partial charge >= 0.3 is 0 Å². The Morgan fingerprint density at radius 1 is 1.21 bits per heavy atom. The molecule has 1 aromatic heterocycles. The maximum absolute atomic E-state index is 14.5. The number of hydrogen-bond donors (Lipinski definition) is 4.